The number of esters is 1. The van der Waals surface area contributed by atoms with Gasteiger partial charge < -0.3 is 9.64 Å². The highest BCUT2D eigenvalue weighted by Crippen LogP contribution is 2.31. The van der Waals surface area contributed by atoms with E-state index in [1.165, 1.54) is 37.7 Å². The van der Waals surface area contributed by atoms with Crippen molar-refractivity contribution in [1.82, 2.24) is 9.88 Å². The van der Waals surface area contributed by atoms with E-state index < -0.39 is 0 Å². The molecule has 6 heteroatoms. The van der Waals surface area contributed by atoms with Gasteiger partial charge in [-0.2, -0.15) is 0 Å². The number of carbonyl (C=O) groups excluding carboxylic acids is 1. The summed E-state index contributed by atoms with van der Waals surface area (Å²) in [6.45, 7) is 2.04. The van der Waals surface area contributed by atoms with Gasteiger partial charge in [0.25, 0.3) is 0 Å². The Morgan fingerprint density at radius 2 is 2.21 bits per heavy atom. The topological polar surface area (TPSA) is 45.7 Å². The normalized spacial score (nSPS) is 27.4. The van der Waals surface area contributed by atoms with Crippen LogP contribution in [0, 0.1) is 0 Å². The predicted octanol–water partition coefficient (Wildman–Crippen LogP) is 1.60. The summed E-state index contributed by atoms with van der Waals surface area (Å²) >= 11 is 1.53. The highest BCUT2D eigenvalue weighted by molar-refractivity contribution is 7.13. The van der Waals surface area contributed by atoms with Gasteiger partial charge in [0.1, 0.15) is 0 Å². The Morgan fingerprint density at radius 1 is 1.42 bits per heavy atom. The molecule has 2 atom stereocenters. The van der Waals surface area contributed by atoms with Crippen molar-refractivity contribution in [3.05, 3.63) is 11.1 Å². The van der Waals surface area contributed by atoms with Gasteiger partial charge in [0, 0.05) is 30.6 Å². The number of fused-ring (bicyclic) bond motifs is 2. The SMILES string of the molecule is COC(=O)c1csc(N2CCC3CCC(C2)N3C)n1. The summed E-state index contributed by atoms with van der Waals surface area (Å²) in [6, 6.07) is 1.34. The van der Waals surface area contributed by atoms with Crippen LogP contribution in [0.5, 0.6) is 0 Å². The molecule has 3 rings (SSSR count). The van der Waals surface area contributed by atoms with E-state index in [1.54, 1.807) is 5.38 Å². The average Bonchev–Trinajstić information content (AvgIpc) is 2.95. The maximum atomic E-state index is 11.5. The van der Waals surface area contributed by atoms with Crippen LogP contribution in [-0.4, -0.2) is 55.2 Å². The van der Waals surface area contributed by atoms with Crippen molar-refractivity contribution < 1.29 is 9.53 Å². The molecular formula is C13H19N3O2S. The monoisotopic (exact) mass is 281 g/mol. The second kappa shape index (κ2) is 5.09. The van der Waals surface area contributed by atoms with Crippen molar-refractivity contribution in [2.75, 3.05) is 32.1 Å². The molecule has 0 radical (unpaired) electrons. The zero-order chi connectivity index (χ0) is 13.4. The summed E-state index contributed by atoms with van der Waals surface area (Å²) in [5.74, 6) is -0.351. The highest BCUT2D eigenvalue weighted by atomic mass is 32.1. The summed E-state index contributed by atoms with van der Waals surface area (Å²) in [5.41, 5.74) is 0.422. The smallest absolute Gasteiger partial charge is 0.357 e. The van der Waals surface area contributed by atoms with E-state index in [2.05, 4.69) is 21.8 Å². The minimum atomic E-state index is -0.351. The van der Waals surface area contributed by atoms with Crippen LogP contribution in [0.2, 0.25) is 0 Å². The second-order valence-corrected chi connectivity index (χ2v) is 6.13. The molecule has 19 heavy (non-hydrogen) atoms. The Bertz CT molecular complexity index is 476. The van der Waals surface area contributed by atoms with E-state index in [0.717, 1.165) is 24.3 Å². The first-order chi connectivity index (χ1) is 9.19. The molecule has 1 aromatic rings. The summed E-state index contributed by atoms with van der Waals surface area (Å²) in [5, 5.41) is 2.73. The van der Waals surface area contributed by atoms with Gasteiger partial charge >= 0.3 is 5.97 Å². The zero-order valence-corrected chi connectivity index (χ0v) is 12.2. The van der Waals surface area contributed by atoms with E-state index in [1.807, 2.05) is 0 Å². The standard InChI is InChI=1S/C13H19N3O2S/c1-15-9-3-4-10(15)7-16(6-5-9)13-14-11(8-19-13)12(17)18-2/h8-10H,3-7H2,1-2H3. The van der Waals surface area contributed by atoms with Gasteiger partial charge in [-0.05, 0) is 26.3 Å². The van der Waals surface area contributed by atoms with Crippen LogP contribution >= 0.6 is 11.3 Å². The molecule has 2 saturated heterocycles. The van der Waals surface area contributed by atoms with Crippen LogP contribution < -0.4 is 4.90 Å². The van der Waals surface area contributed by atoms with Gasteiger partial charge in [-0.15, -0.1) is 11.3 Å². The second-order valence-electron chi connectivity index (χ2n) is 5.29. The number of likely N-dealkylation sites (N-methyl/N-ethyl adjacent to an activating group) is 1. The lowest BCUT2D eigenvalue weighted by Gasteiger charge is -2.25. The van der Waals surface area contributed by atoms with E-state index >= 15 is 0 Å². The number of aromatic nitrogens is 1. The first-order valence-electron chi connectivity index (χ1n) is 6.69. The maximum absolute atomic E-state index is 11.5. The highest BCUT2D eigenvalue weighted by Gasteiger charge is 2.35. The van der Waals surface area contributed by atoms with Crippen LogP contribution in [-0.2, 0) is 4.74 Å². The molecule has 2 aliphatic heterocycles. The number of methoxy groups -OCH3 is 1. The van der Waals surface area contributed by atoms with Crippen molar-refractivity contribution in [2.45, 2.75) is 31.3 Å². The minimum absolute atomic E-state index is 0.351. The van der Waals surface area contributed by atoms with Crippen molar-refractivity contribution in [3.63, 3.8) is 0 Å². The number of thiazole rings is 1. The number of rotatable bonds is 2. The molecule has 104 valence electrons. The Labute approximate surface area is 117 Å². The fourth-order valence-corrected chi connectivity index (χ4v) is 3.92. The third kappa shape index (κ3) is 2.34. The molecule has 5 nitrogen and oxygen atoms in total. The van der Waals surface area contributed by atoms with Crippen LogP contribution in [0.1, 0.15) is 29.8 Å². The third-order valence-electron chi connectivity index (χ3n) is 4.31. The number of anilines is 1. The quantitative estimate of drug-likeness (QED) is 0.771. The Balaban J connectivity index is 1.75. The number of ether oxygens (including phenoxy) is 1. The molecule has 3 heterocycles. The van der Waals surface area contributed by atoms with Crippen molar-refractivity contribution in [2.24, 2.45) is 0 Å². The van der Waals surface area contributed by atoms with E-state index in [9.17, 15) is 4.79 Å². The van der Waals surface area contributed by atoms with E-state index in [-0.39, 0.29) is 5.97 Å². The summed E-state index contributed by atoms with van der Waals surface area (Å²) in [7, 11) is 3.62. The molecule has 2 bridgehead atoms. The molecule has 2 aliphatic rings. The first-order valence-corrected chi connectivity index (χ1v) is 7.57. The summed E-state index contributed by atoms with van der Waals surface area (Å²) in [6.07, 6.45) is 3.77. The molecule has 0 N–H and O–H groups in total. The van der Waals surface area contributed by atoms with Crippen molar-refractivity contribution in [1.29, 1.82) is 0 Å². The predicted molar refractivity (Wildman–Crippen MR) is 74.9 cm³/mol. The van der Waals surface area contributed by atoms with E-state index in [0.29, 0.717) is 11.7 Å². The summed E-state index contributed by atoms with van der Waals surface area (Å²) in [4.78, 5) is 20.7. The largest absolute Gasteiger partial charge is 0.464 e. The van der Waals surface area contributed by atoms with Gasteiger partial charge in [-0.1, -0.05) is 0 Å². The lowest BCUT2D eigenvalue weighted by Crippen LogP contribution is -2.36. The number of hydrogen-bond donors (Lipinski definition) is 0. The minimum Gasteiger partial charge on any atom is -0.464 e. The summed E-state index contributed by atoms with van der Waals surface area (Å²) < 4.78 is 4.71. The molecule has 0 spiro atoms. The van der Waals surface area contributed by atoms with E-state index in [4.69, 9.17) is 4.74 Å². The molecule has 0 saturated carbocycles. The molecule has 2 unspecified atom stereocenters. The van der Waals surface area contributed by atoms with Crippen molar-refractivity contribution >= 4 is 22.4 Å². The zero-order valence-electron chi connectivity index (χ0n) is 11.3. The molecule has 0 aromatic carbocycles. The first kappa shape index (κ1) is 12.9. The molecule has 2 fully saturated rings. The lowest BCUT2D eigenvalue weighted by atomic mass is 10.1. The Kier molecular flexibility index (Phi) is 3.45. The number of hydrogen-bond acceptors (Lipinski definition) is 6. The van der Waals surface area contributed by atoms with Crippen molar-refractivity contribution in [3.8, 4) is 0 Å². The van der Waals surface area contributed by atoms with Crippen LogP contribution in [0.25, 0.3) is 0 Å². The Morgan fingerprint density at radius 3 is 3.00 bits per heavy atom. The fraction of sp³-hybridized carbons (Fsp3) is 0.692. The van der Waals surface area contributed by atoms with Gasteiger partial charge in [0.05, 0.1) is 7.11 Å². The number of nitrogens with zero attached hydrogens (tertiary/aromatic N) is 3. The van der Waals surface area contributed by atoms with Crippen LogP contribution in [0.15, 0.2) is 5.38 Å². The average molecular weight is 281 g/mol. The van der Waals surface area contributed by atoms with Gasteiger partial charge in [0.15, 0.2) is 10.8 Å². The number of carbonyl (C=O) groups is 1. The molecule has 0 aliphatic carbocycles. The maximum Gasteiger partial charge on any atom is 0.357 e. The third-order valence-corrected chi connectivity index (χ3v) is 5.21. The van der Waals surface area contributed by atoms with Gasteiger partial charge in [-0.25, -0.2) is 9.78 Å². The van der Waals surface area contributed by atoms with Crippen LogP contribution in [0.4, 0.5) is 5.13 Å². The Hall–Kier alpha value is -1.14. The molecular weight excluding hydrogens is 262 g/mol. The molecule has 0 amide bonds. The van der Waals surface area contributed by atoms with Crippen LogP contribution in [0.3, 0.4) is 0 Å². The lowest BCUT2D eigenvalue weighted by molar-refractivity contribution is 0.0595. The molecule has 1 aromatic heterocycles. The van der Waals surface area contributed by atoms with Gasteiger partial charge in [-0.3, -0.25) is 4.90 Å². The fourth-order valence-electron chi connectivity index (χ4n) is 3.09. The van der Waals surface area contributed by atoms with Gasteiger partial charge in [0.2, 0.25) is 0 Å².